The van der Waals surface area contributed by atoms with Crippen molar-refractivity contribution in [2.45, 2.75) is 20.4 Å². The lowest BCUT2D eigenvalue weighted by atomic mass is 10.1. The molecule has 3 heterocycles. The number of nitrogens with zero attached hydrogens (tertiary/aromatic N) is 3. The molecule has 3 aromatic heterocycles. The molecule has 3 aromatic rings. The van der Waals surface area contributed by atoms with E-state index in [4.69, 9.17) is 0 Å². The summed E-state index contributed by atoms with van der Waals surface area (Å²) in [5.41, 5.74) is 2.73. The van der Waals surface area contributed by atoms with Gasteiger partial charge in [-0.3, -0.25) is 0 Å². The molecule has 3 rings (SSSR count). The van der Waals surface area contributed by atoms with Gasteiger partial charge in [0.1, 0.15) is 0 Å². The van der Waals surface area contributed by atoms with Crippen molar-refractivity contribution in [2.24, 2.45) is 0 Å². The molecular formula is C10H11N5S2. The van der Waals surface area contributed by atoms with Gasteiger partial charge in [0, 0.05) is 10.3 Å². The summed E-state index contributed by atoms with van der Waals surface area (Å²) in [6, 6.07) is 0. The number of tetrazole rings is 1. The van der Waals surface area contributed by atoms with Gasteiger partial charge >= 0.3 is 0 Å². The molecule has 0 aliphatic rings. The molecule has 5 nitrogen and oxygen atoms in total. The number of H-pyrrole nitrogens is 1. The Hall–Kier alpha value is -1.47. The van der Waals surface area contributed by atoms with Gasteiger partial charge in [-0.2, -0.15) is 5.21 Å². The van der Waals surface area contributed by atoms with Crippen LogP contribution in [-0.2, 0) is 6.54 Å². The minimum atomic E-state index is 0.540. The molecule has 0 aromatic carbocycles. The van der Waals surface area contributed by atoms with Crippen molar-refractivity contribution >= 4 is 38.0 Å². The van der Waals surface area contributed by atoms with Crippen LogP contribution >= 0.6 is 22.7 Å². The van der Waals surface area contributed by atoms with E-state index in [9.17, 15) is 0 Å². The highest BCUT2D eigenvalue weighted by molar-refractivity contribution is 7.37. The number of aryl methyl sites for hydroxylation is 2. The van der Waals surface area contributed by atoms with Gasteiger partial charge in [0.15, 0.2) is 0 Å². The largest absolute Gasteiger partial charge is 0.347 e. The van der Waals surface area contributed by atoms with Crippen molar-refractivity contribution < 1.29 is 0 Å². The first kappa shape index (κ1) is 10.7. The number of hydrogen-bond acceptors (Lipinski definition) is 6. The zero-order chi connectivity index (χ0) is 11.8. The fourth-order valence-electron chi connectivity index (χ4n) is 1.84. The Morgan fingerprint density at radius 1 is 1.41 bits per heavy atom. The quantitative estimate of drug-likeness (QED) is 0.764. The predicted octanol–water partition coefficient (Wildman–Crippen LogP) is 2.70. The maximum absolute atomic E-state index is 3.87. The lowest BCUT2D eigenvalue weighted by Crippen LogP contribution is -2.00. The number of anilines is 1. The molecule has 0 atom stereocenters. The Balaban J connectivity index is 1.88. The van der Waals surface area contributed by atoms with Gasteiger partial charge in [0.2, 0.25) is 0 Å². The van der Waals surface area contributed by atoms with Crippen molar-refractivity contribution in [2.75, 3.05) is 5.32 Å². The molecule has 0 aliphatic carbocycles. The number of hydrogen-bond donors (Lipinski definition) is 2. The van der Waals surface area contributed by atoms with Crippen molar-refractivity contribution in [1.82, 2.24) is 20.6 Å². The van der Waals surface area contributed by atoms with Crippen molar-refractivity contribution in [3.8, 4) is 0 Å². The molecule has 0 spiro atoms. The smallest absolute Gasteiger partial charge is 0.263 e. The lowest BCUT2D eigenvalue weighted by Gasteiger charge is -2.00. The fraction of sp³-hybridized carbons (Fsp3) is 0.300. The lowest BCUT2D eigenvalue weighted by molar-refractivity contribution is 0.881. The highest BCUT2D eigenvalue weighted by Crippen LogP contribution is 2.37. The van der Waals surface area contributed by atoms with Gasteiger partial charge in [-0.1, -0.05) is 5.10 Å². The Morgan fingerprint density at radius 2 is 2.29 bits per heavy atom. The highest BCUT2D eigenvalue weighted by atomic mass is 32.2. The molecule has 0 saturated heterocycles. The van der Waals surface area contributed by atoms with Crippen molar-refractivity contribution in [1.29, 1.82) is 0 Å². The van der Waals surface area contributed by atoms with Gasteiger partial charge in [0.05, 0.1) is 10.6 Å². The topological polar surface area (TPSA) is 66.5 Å². The molecule has 0 fully saturated rings. The second-order valence-electron chi connectivity index (χ2n) is 3.82. The molecule has 0 bridgehead atoms. The maximum Gasteiger partial charge on any atom is 0.263 e. The number of aromatic nitrogens is 4. The minimum absolute atomic E-state index is 0.540. The maximum atomic E-state index is 3.87. The van der Waals surface area contributed by atoms with Crippen LogP contribution in [0.1, 0.15) is 16.0 Å². The second kappa shape index (κ2) is 4.08. The zero-order valence-electron chi connectivity index (χ0n) is 9.44. The average molecular weight is 265 g/mol. The standard InChI is InChI=1S/C10H11N5S2/c1-5-4-16-9-8(5)6(2)7(17-9)3-11-10-12-14-15-13-10/h4H,3H2,1-2H3,(H2,11,12,13,14,15). The first-order chi connectivity index (χ1) is 8.25. The Labute approximate surface area is 106 Å². The normalized spacial score (nSPS) is 11.2. The monoisotopic (exact) mass is 265 g/mol. The fourth-order valence-corrected chi connectivity index (χ4v) is 4.35. The van der Waals surface area contributed by atoms with Crippen LogP contribution in [0.25, 0.3) is 9.40 Å². The third kappa shape index (κ3) is 1.81. The molecule has 7 heteroatoms. The summed E-state index contributed by atoms with van der Waals surface area (Å²) in [6.45, 7) is 5.08. The van der Waals surface area contributed by atoms with Crippen LogP contribution in [0.15, 0.2) is 5.38 Å². The average Bonchev–Trinajstić information content (AvgIpc) is 2.98. The SMILES string of the molecule is Cc1csc2sc(CNc3nn[nH]n3)c(C)c12. The van der Waals surface area contributed by atoms with Gasteiger partial charge in [-0.05, 0) is 35.6 Å². The van der Waals surface area contributed by atoms with Gasteiger partial charge in [0.25, 0.3) is 5.95 Å². The van der Waals surface area contributed by atoms with Crippen molar-refractivity contribution in [3.05, 3.63) is 21.4 Å². The molecule has 0 radical (unpaired) electrons. The van der Waals surface area contributed by atoms with Crippen LogP contribution < -0.4 is 5.32 Å². The Morgan fingerprint density at radius 3 is 3.00 bits per heavy atom. The van der Waals surface area contributed by atoms with Crippen LogP contribution in [0.2, 0.25) is 0 Å². The third-order valence-electron chi connectivity index (χ3n) is 2.70. The summed E-state index contributed by atoms with van der Waals surface area (Å²) in [7, 11) is 0. The highest BCUT2D eigenvalue weighted by Gasteiger charge is 2.12. The first-order valence-corrected chi connectivity index (χ1v) is 6.88. The number of nitrogens with one attached hydrogen (secondary N) is 2. The molecule has 0 amide bonds. The van der Waals surface area contributed by atoms with E-state index < -0.39 is 0 Å². The van der Waals surface area contributed by atoms with Crippen LogP contribution in [0, 0.1) is 13.8 Å². The van der Waals surface area contributed by atoms with E-state index in [1.54, 1.807) is 0 Å². The van der Waals surface area contributed by atoms with Crippen molar-refractivity contribution in [3.63, 3.8) is 0 Å². The number of thiophene rings is 2. The molecule has 17 heavy (non-hydrogen) atoms. The van der Waals surface area contributed by atoms with Gasteiger partial charge in [-0.15, -0.1) is 27.8 Å². The Kier molecular flexibility index (Phi) is 2.56. The van der Waals surface area contributed by atoms with Crippen LogP contribution in [-0.4, -0.2) is 20.6 Å². The Bertz CT molecular complexity index is 637. The zero-order valence-corrected chi connectivity index (χ0v) is 11.1. The third-order valence-corrected chi connectivity index (χ3v) is 5.22. The molecule has 88 valence electrons. The van der Waals surface area contributed by atoms with Crippen LogP contribution in [0.5, 0.6) is 0 Å². The molecule has 0 unspecified atom stereocenters. The first-order valence-electron chi connectivity index (χ1n) is 5.19. The van der Waals surface area contributed by atoms with E-state index in [1.165, 1.54) is 25.4 Å². The van der Waals surface area contributed by atoms with E-state index in [0.717, 1.165) is 6.54 Å². The summed E-state index contributed by atoms with van der Waals surface area (Å²) in [4.78, 5) is 1.33. The summed E-state index contributed by atoms with van der Waals surface area (Å²) in [6.07, 6.45) is 0. The number of rotatable bonds is 3. The van der Waals surface area contributed by atoms with E-state index in [2.05, 4.69) is 45.2 Å². The van der Waals surface area contributed by atoms with Crippen LogP contribution in [0.4, 0.5) is 5.95 Å². The summed E-state index contributed by atoms with van der Waals surface area (Å²) in [5.74, 6) is 0.540. The number of fused-ring (bicyclic) bond motifs is 1. The van der Waals surface area contributed by atoms with Gasteiger partial charge in [-0.25, -0.2) is 0 Å². The van der Waals surface area contributed by atoms with Gasteiger partial charge < -0.3 is 5.32 Å². The molecule has 2 N–H and O–H groups in total. The predicted molar refractivity (Wildman–Crippen MR) is 70.7 cm³/mol. The molecule has 0 aliphatic heterocycles. The number of aromatic amines is 1. The van der Waals surface area contributed by atoms with E-state index in [1.807, 2.05) is 22.7 Å². The van der Waals surface area contributed by atoms with E-state index in [0.29, 0.717) is 5.95 Å². The minimum Gasteiger partial charge on any atom is -0.347 e. The van der Waals surface area contributed by atoms with Crippen LogP contribution in [0.3, 0.4) is 0 Å². The van der Waals surface area contributed by atoms with E-state index in [-0.39, 0.29) is 0 Å². The summed E-state index contributed by atoms with van der Waals surface area (Å²) in [5, 5.41) is 20.4. The summed E-state index contributed by atoms with van der Waals surface area (Å²) < 4.78 is 1.39. The molecular weight excluding hydrogens is 254 g/mol. The van der Waals surface area contributed by atoms with E-state index >= 15 is 0 Å². The molecule has 0 saturated carbocycles. The second-order valence-corrected chi connectivity index (χ2v) is 6.06. The summed E-state index contributed by atoms with van der Waals surface area (Å²) >= 11 is 3.65.